The Bertz CT molecular complexity index is 438. The van der Waals surface area contributed by atoms with Gasteiger partial charge in [-0.05, 0) is 56.9 Å². The number of alkyl carbamates (subject to hydrolysis) is 1. The summed E-state index contributed by atoms with van der Waals surface area (Å²) in [6.07, 6.45) is 10.9. The minimum atomic E-state index is -1.04. The number of aliphatic carboxylic acids is 1. The summed E-state index contributed by atoms with van der Waals surface area (Å²) in [6.45, 7) is 0.488. The van der Waals surface area contributed by atoms with E-state index in [2.05, 4.69) is 11.4 Å². The zero-order chi connectivity index (χ0) is 16.0. The molecule has 0 aliphatic heterocycles. The van der Waals surface area contributed by atoms with Crippen LogP contribution >= 0.6 is 0 Å². The molecular formula is C16H26N2O4. The van der Waals surface area contributed by atoms with Gasteiger partial charge in [0.1, 0.15) is 11.6 Å². The van der Waals surface area contributed by atoms with E-state index in [1.54, 1.807) is 0 Å². The zero-order valence-electron chi connectivity index (χ0n) is 12.9. The van der Waals surface area contributed by atoms with Crippen LogP contribution in [0.3, 0.4) is 0 Å². The highest BCUT2D eigenvalue weighted by Gasteiger charge is 2.56. The number of hydrogen-bond acceptors (Lipinski definition) is 4. The van der Waals surface area contributed by atoms with Crippen LogP contribution in [0.4, 0.5) is 4.79 Å². The third kappa shape index (κ3) is 4.73. The maximum atomic E-state index is 11.7. The monoisotopic (exact) mass is 310 g/mol. The average Bonchev–Trinajstić information content (AvgIpc) is 3.10. The van der Waals surface area contributed by atoms with Gasteiger partial charge in [0.25, 0.3) is 0 Å². The van der Waals surface area contributed by atoms with Crippen LogP contribution in [0, 0.1) is 5.92 Å². The Kier molecular flexibility index (Phi) is 5.83. The highest BCUT2D eigenvalue weighted by Crippen LogP contribution is 2.44. The molecule has 2 aliphatic rings. The summed E-state index contributed by atoms with van der Waals surface area (Å²) in [4.78, 5) is 22.6. The molecule has 0 bridgehead atoms. The Hall–Kier alpha value is -1.56. The SMILES string of the molecule is NC1(C(=O)O)CC1CCCNC(=O)OC1C=CCCCCC1. The lowest BCUT2D eigenvalue weighted by Crippen LogP contribution is -2.35. The molecule has 1 amide bonds. The molecule has 22 heavy (non-hydrogen) atoms. The Morgan fingerprint density at radius 2 is 2.18 bits per heavy atom. The zero-order valence-corrected chi connectivity index (χ0v) is 12.9. The van der Waals surface area contributed by atoms with Gasteiger partial charge >= 0.3 is 12.1 Å². The second kappa shape index (κ2) is 7.63. The van der Waals surface area contributed by atoms with E-state index in [4.69, 9.17) is 15.6 Å². The van der Waals surface area contributed by atoms with E-state index in [9.17, 15) is 9.59 Å². The fourth-order valence-electron chi connectivity index (χ4n) is 2.92. The predicted molar refractivity (Wildman–Crippen MR) is 82.4 cm³/mol. The van der Waals surface area contributed by atoms with Crippen LogP contribution in [0.25, 0.3) is 0 Å². The van der Waals surface area contributed by atoms with Crippen molar-refractivity contribution in [1.29, 1.82) is 0 Å². The minimum Gasteiger partial charge on any atom is -0.480 e. The van der Waals surface area contributed by atoms with Crippen LogP contribution in [0.5, 0.6) is 0 Å². The van der Waals surface area contributed by atoms with Gasteiger partial charge in [0, 0.05) is 6.54 Å². The van der Waals surface area contributed by atoms with Crippen molar-refractivity contribution in [3.05, 3.63) is 12.2 Å². The van der Waals surface area contributed by atoms with Crippen LogP contribution in [-0.2, 0) is 9.53 Å². The molecule has 2 rings (SSSR count). The van der Waals surface area contributed by atoms with Crippen molar-refractivity contribution >= 4 is 12.1 Å². The van der Waals surface area contributed by atoms with Gasteiger partial charge in [-0.15, -0.1) is 0 Å². The fraction of sp³-hybridized carbons (Fsp3) is 0.750. The highest BCUT2D eigenvalue weighted by molar-refractivity contribution is 5.82. The second-order valence-electron chi connectivity index (χ2n) is 6.33. The summed E-state index contributed by atoms with van der Waals surface area (Å²) in [7, 11) is 0. The number of allylic oxidation sites excluding steroid dienone is 1. The molecule has 124 valence electrons. The summed E-state index contributed by atoms with van der Waals surface area (Å²) in [5.74, 6) is -0.905. The van der Waals surface area contributed by atoms with Crippen LogP contribution in [0.15, 0.2) is 12.2 Å². The van der Waals surface area contributed by atoms with E-state index < -0.39 is 17.6 Å². The summed E-state index contributed by atoms with van der Waals surface area (Å²) < 4.78 is 5.37. The van der Waals surface area contributed by atoms with Crippen molar-refractivity contribution in [1.82, 2.24) is 5.32 Å². The lowest BCUT2D eigenvalue weighted by atomic mass is 10.0. The van der Waals surface area contributed by atoms with Gasteiger partial charge in [-0.3, -0.25) is 4.79 Å². The molecular weight excluding hydrogens is 284 g/mol. The quantitative estimate of drug-likeness (QED) is 0.515. The number of carbonyl (C=O) groups is 2. The minimum absolute atomic E-state index is 0.0244. The molecule has 3 unspecified atom stereocenters. The Morgan fingerprint density at radius 3 is 2.91 bits per heavy atom. The van der Waals surface area contributed by atoms with Crippen LogP contribution in [0.2, 0.25) is 0 Å². The maximum absolute atomic E-state index is 11.7. The maximum Gasteiger partial charge on any atom is 0.407 e. The molecule has 0 radical (unpaired) electrons. The Labute approximate surface area is 131 Å². The summed E-state index contributed by atoms with van der Waals surface area (Å²) >= 11 is 0. The Morgan fingerprint density at radius 1 is 1.36 bits per heavy atom. The summed E-state index contributed by atoms with van der Waals surface area (Å²) in [6, 6.07) is 0. The van der Waals surface area contributed by atoms with E-state index in [0.29, 0.717) is 25.8 Å². The number of amides is 1. The van der Waals surface area contributed by atoms with Gasteiger partial charge in [-0.2, -0.15) is 0 Å². The van der Waals surface area contributed by atoms with Gasteiger partial charge in [0.05, 0.1) is 0 Å². The molecule has 4 N–H and O–H groups in total. The fourth-order valence-corrected chi connectivity index (χ4v) is 2.92. The molecule has 0 heterocycles. The smallest absolute Gasteiger partial charge is 0.407 e. The van der Waals surface area contributed by atoms with E-state index in [1.807, 2.05) is 6.08 Å². The number of rotatable bonds is 6. The molecule has 0 aromatic carbocycles. The Balaban J connectivity index is 1.58. The van der Waals surface area contributed by atoms with Gasteiger partial charge in [0.15, 0.2) is 0 Å². The molecule has 0 spiro atoms. The average molecular weight is 310 g/mol. The van der Waals surface area contributed by atoms with E-state index >= 15 is 0 Å². The number of hydrogen-bond donors (Lipinski definition) is 3. The van der Waals surface area contributed by atoms with Crippen molar-refractivity contribution < 1.29 is 19.4 Å². The van der Waals surface area contributed by atoms with Crippen LogP contribution in [-0.4, -0.2) is 35.4 Å². The first kappa shape index (κ1) is 16.8. The van der Waals surface area contributed by atoms with Gasteiger partial charge in [0.2, 0.25) is 0 Å². The third-order valence-electron chi connectivity index (χ3n) is 4.52. The predicted octanol–water partition coefficient (Wildman–Crippen LogP) is 2.18. The molecule has 3 atom stereocenters. The molecule has 6 heteroatoms. The number of carboxylic acids is 1. The lowest BCUT2D eigenvalue weighted by Gasteiger charge is -2.16. The molecule has 0 aromatic rings. The standard InChI is InChI=1S/C16H26N2O4/c17-16(14(19)20)11-12(16)7-6-10-18-15(21)22-13-8-4-2-1-3-5-9-13/h4,8,12-13H,1-3,5-7,9-11,17H2,(H,18,21)(H,19,20). The normalized spacial score (nSPS) is 31.0. The molecule has 1 saturated carbocycles. The second-order valence-corrected chi connectivity index (χ2v) is 6.33. The molecule has 2 aliphatic carbocycles. The van der Waals surface area contributed by atoms with Crippen LogP contribution in [0.1, 0.15) is 51.4 Å². The number of carboxylic acid groups (broad SMARTS) is 1. The first-order valence-corrected chi connectivity index (χ1v) is 8.16. The number of nitrogens with one attached hydrogen (secondary N) is 1. The summed E-state index contributed by atoms with van der Waals surface area (Å²) in [5, 5.41) is 11.7. The van der Waals surface area contributed by atoms with Crippen molar-refractivity contribution in [2.24, 2.45) is 11.7 Å². The first-order valence-electron chi connectivity index (χ1n) is 8.16. The van der Waals surface area contributed by atoms with E-state index in [1.165, 1.54) is 12.8 Å². The molecule has 1 fully saturated rings. The van der Waals surface area contributed by atoms with Crippen molar-refractivity contribution in [2.45, 2.75) is 63.0 Å². The van der Waals surface area contributed by atoms with Crippen LogP contribution < -0.4 is 11.1 Å². The highest BCUT2D eigenvalue weighted by atomic mass is 16.6. The number of ether oxygens (including phenoxy) is 1. The topological polar surface area (TPSA) is 102 Å². The molecule has 6 nitrogen and oxygen atoms in total. The number of nitrogens with two attached hydrogens (primary N) is 1. The van der Waals surface area contributed by atoms with E-state index in [0.717, 1.165) is 19.3 Å². The van der Waals surface area contributed by atoms with Gasteiger partial charge in [-0.25, -0.2) is 4.79 Å². The third-order valence-corrected chi connectivity index (χ3v) is 4.52. The first-order chi connectivity index (χ1) is 10.5. The molecule has 0 aromatic heterocycles. The lowest BCUT2D eigenvalue weighted by molar-refractivity contribution is -0.140. The number of carbonyl (C=O) groups excluding carboxylic acids is 1. The van der Waals surface area contributed by atoms with Crippen molar-refractivity contribution in [3.63, 3.8) is 0 Å². The van der Waals surface area contributed by atoms with Crippen molar-refractivity contribution in [3.8, 4) is 0 Å². The van der Waals surface area contributed by atoms with Gasteiger partial charge < -0.3 is 20.9 Å². The summed E-state index contributed by atoms with van der Waals surface area (Å²) in [5.41, 5.74) is 4.67. The van der Waals surface area contributed by atoms with Gasteiger partial charge in [-0.1, -0.05) is 12.5 Å². The van der Waals surface area contributed by atoms with E-state index in [-0.39, 0.29) is 12.0 Å². The molecule has 0 saturated heterocycles. The largest absolute Gasteiger partial charge is 0.480 e. The van der Waals surface area contributed by atoms with Crippen molar-refractivity contribution in [2.75, 3.05) is 6.54 Å².